The second-order valence-corrected chi connectivity index (χ2v) is 7.58. The molecule has 2 amide bonds. The van der Waals surface area contributed by atoms with E-state index in [-0.39, 0.29) is 12.1 Å². The van der Waals surface area contributed by atoms with Gasteiger partial charge in [0.2, 0.25) is 0 Å². The van der Waals surface area contributed by atoms with Gasteiger partial charge in [0, 0.05) is 28.8 Å². The van der Waals surface area contributed by atoms with Gasteiger partial charge in [0.15, 0.2) is 0 Å². The molecule has 0 saturated carbocycles. The average molecular weight is 455 g/mol. The summed E-state index contributed by atoms with van der Waals surface area (Å²) in [5.41, 5.74) is 3.76. The molecule has 148 valence electrons. The Labute approximate surface area is 176 Å². The number of ether oxygens (including phenoxy) is 1. The lowest BCUT2D eigenvalue weighted by Gasteiger charge is -2.35. The quantitative estimate of drug-likeness (QED) is 0.582. The standard InChI is InChI=1S/C21H19BrN4O3/c1-29-20(27)14-3-2-4-16(11-14)25-21(28)26-10-9-17-18(24-12-23-17)19(26)13-5-7-15(22)8-6-13/h2-8,11-12,19H,9-10H2,1H3,(H,23,24)(H,25,28)/t19-/m1/s1. The second kappa shape index (κ2) is 8.08. The summed E-state index contributed by atoms with van der Waals surface area (Å²) < 4.78 is 5.72. The zero-order valence-electron chi connectivity index (χ0n) is 15.7. The highest BCUT2D eigenvalue weighted by Crippen LogP contribution is 2.34. The number of rotatable bonds is 3. The molecule has 0 aliphatic carbocycles. The van der Waals surface area contributed by atoms with E-state index in [9.17, 15) is 9.59 Å². The Hall–Kier alpha value is -3.13. The number of carbonyl (C=O) groups is 2. The van der Waals surface area contributed by atoms with Crippen LogP contribution in [0.25, 0.3) is 0 Å². The van der Waals surface area contributed by atoms with Gasteiger partial charge in [0.05, 0.1) is 24.7 Å². The monoisotopic (exact) mass is 454 g/mol. The number of esters is 1. The molecular weight excluding hydrogens is 436 g/mol. The van der Waals surface area contributed by atoms with E-state index in [0.717, 1.165) is 21.4 Å². The Morgan fingerprint density at radius 2 is 2.03 bits per heavy atom. The van der Waals surface area contributed by atoms with E-state index in [4.69, 9.17) is 4.74 Å². The minimum Gasteiger partial charge on any atom is -0.465 e. The third-order valence-electron chi connectivity index (χ3n) is 4.91. The zero-order valence-corrected chi connectivity index (χ0v) is 17.3. The molecule has 2 heterocycles. The Kier molecular flexibility index (Phi) is 5.35. The van der Waals surface area contributed by atoms with Crippen LogP contribution in [0.15, 0.2) is 59.3 Å². The van der Waals surface area contributed by atoms with Crippen LogP contribution in [0.1, 0.15) is 33.4 Å². The van der Waals surface area contributed by atoms with Crippen LogP contribution in [-0.4, -0.2) is 40.5 Å². The molecule has 7 nitrogen and oxygen atoms in total. The predicted molar refractivity (Wildman–Crippen MR) is 112 cm³/mol. The minimum atomic E-state index is -0.451. The molecule has 1 atom stereocenters. The SMILES string of the molecule is COC(=O)c1cccc(NC(=O)N2CCc3[nH]cnc3[C@H]2c2ccc(Br)cc2)c1. The summed E-state index contributed by atoms with van der Waals surface area (Å²) in [6.07, 6.45) is 2.36. The maximum absolute atomic E-state index is 13.2. The summed E-state index contributed by atoms with van der Waals surface area (Å²) in [6, 6.07) is 14.0. The van der Waals surface area contributed by atoms with Crippen molar-refractivity contribution in [3.63, 3.8) is 0 Å². The molecule has 29 heavy (non-hydrogen) atoms. The summed E-state index contributed by atoms with van der Waals surface area (Å²) in [5, 5.41) is 2.90. The summed E-state index contributed by atoms with van der Waals surface area (Å²) in [7, 11) is 1.32. The number of carbonyl (C=O) groups excluding carboxylic acids is 2. The minimum absolute atomic E-state index is 0.256. The van der Waals surface area contributed by atoms with Gasteiger partial charge in [-0.3, -0.25) is 0 Å². The van der Waals surface area contributed by atoms with Crippen molar-refractivity contribution >= 4 is 33.6 Å². The molecule has 0 unspecified atom stereocenters. The maximum atomic E-state index is 13.2. The number of nitrogens with zero attached hydrogens (tertiary/aromatic N) is 2. The van der Waals surface area contributed by atoms with Crippen LogP contribution in [0, 0.1) is 0 Å². The van der Waals surface area contributed by atoms with Crippen LogP contribution in [0.4, 0.5) is 10.5 Å². The number of imidazole rings is 1. The van der Waals surface area contributed by atoms with Crippen molar-refractivity contribution in [2.24, 2.45) is 0 Å². The van der Waals surface area contributed by atoms with Crippen LogP contribution in [0.5, 0.6) is 0 Å². The highest BCUT2D eigenvalue weighted by molar-refractivity contribution is 9.10. The first-order valence-corrected chi connectivity index (χ1v) is 9.89. The van der Waals surface area contributed by atoms with Crippen LogP contribution in [-0.2, 0) is 11.2 Å². The zero-order chi connectivity index (χ0) is 20.4. The number of amides is 2. The highest BCUT2D eigenvalue weighted by atomic mass is 79.9. The molecule has 1 aliphatic heterocycles. The van der Waals surface area contributed by atoms with Gasteiger partial charge >= 0.3 is 12.0 Å². The fraction of sp³-hybridized carbons (Fsp3) is 0.190. The number of methoxy groups -OCH3 is 1. The number of urea groups is 1. The van der Waals surface area contributed by atoms with Gasteiger partial charge in [-0.05, 0) is 35.9 Å². The van der Waals surface area contributed by atoms with Gasteiger partial charge in [-0.25, -0.2) is 14.6 Å². The summed E-state index contributed by atoms with van der Waals surface area (Å²) >= 11 is 3.45. The fourth-order valence-corrected chi connectivity index (χ4v) is 3.78. The summed E-state index contributed by atoms with van der Waals surface area (Å²) in [6.45, 7) is 0.540. The molecule has 0 fully saturated rings. The Bertz CT molecular complexity index is 1050. The molecule has 0 spiro atoms. The Balaban J connectivity index is 1.63. The van der Waals surface area contributed by atoms with E-state index in [0.29, 0.717) is 24.2 Å². The Morgan fingerprint density at radius 1 is 1.24 bits per heavy atom. The number of benzene rings is 2. The van der Waals surface area contributed by atoms with Crippen molar-refractivity contribution in [1.82, 2.24) is 14.9 Å². The molecule has 0 saturated heterocycles. The van der Waals surface area contributed by atoms with Crippen LogP contribution in [0.3, 0.4) is 0 Å². The van der Waals surface area contributed by atoms with Crippen molar-refractivity contribution in [3.8, 4) is 0 Å². The van der Waals surface area contributed by atoms with Gasteiger partial charge in [-0.15, -0.1) is 0 Å². The third-order valence-corrected chi connectivity index (χ3v) is 5.44. The van der Waals surface area contributed by atoms with Gasteiger partial charge in [-0.2, -0.15) is 0 Å². The summed E-state index contributed by atoms with van der Waals surface area (Å²) in [4.78, 5) is 34.3. The van der Waals surface area contributed by atoms with Gasteiger partial charge in [0.1, 0.15) is 6.04 Å². The molecule has 1 aliphatic rings. The number of H-pyrrole nitrogens is 1. The number of aromatic amines is 1. The van der Waals surface area contributed by atoms with Crippen molar-refractivity contribution in [1.29, 1.82) is 0 Å². The third kappa shape index (κ3) is 3.88. The van der Waals surface area contributed by atoms with Crippen molar-refractivity contribution in [2.45, 2.75) is 12.5 Å². The van der Waals surface area contributed by atoms with Crippen LogP contribution < -0.4 is 5.32 Å². The molecular formula is C21H19BrN4O3. The lowest BCUT2D eigenvalue weighted by Crippen LogP contribution is -2.43. The number of aromatic nitrogens is 2. The summed E-state index contributed by atoms with van der Waals surface area (Å²) in [5.74, 6) is -0.451. The van der Waals surface area contributed by atoms with E-state index in [1.165, 1.54) is 7.11 Å². The first-order chi connectivity index (χ1) is 14.1. The van der Waals surface area contributed by atoms with Crippen molar-refractivity contribution in [3.05, 3.63) is 81.8 Å². The van der Waals surface area contributed by atoms with E-state index >= 15 is 0 Å². The van der Waals surface area contributed by atoms with Gasteiger partial charge in [0.25, 0.3) is 0 Å². The Morgan fingerprint density at radius 3 is 2.79 bits per heavy atom. The lowest BCUT2D eigenvalue weighted by atomic mass is 9.96. The highest BCUT2D eigenvalue weighted by Gasteiger charge is 2.34. The van der Waals surface area contributed by atoms with Crippen LogP contribution in [0.2, 0.25) is 0 Å². The van der Waals surface area contributed by atoms with Gasteiger partial charge in [-0.1, -0.05) is 34.1 Å². The number of hydrogen-bond donors (Lipinski definition) is 2. The lowest BCUT2D eigenvalue weighted by molar-refractivity contribution is 0.0600. The largest absolute Gasteiger partial charge is 0.465 e. The van der Waals surface area contributed by atoms with E-state index in [2.05, 4.69) is 31.2 Å². The molecule has 2 N–H and O–H groups in total. The smallest absolute Gasteiger partial charge is 0.337 e. The molecule has 3 aromatic rings. The number of fused-ring (bicyclic) bond motifs is 1. The number of anilines is 1. The van der Waals surface area contributed by atoms with Crippen LogP contribution >= 0.6 is 15.9 Å². The van der Waals surface area contributed by atoms with E-state index in [1.807, 2.05) is 24.3 Å². The van der Waals surface area contributed by atoms with Crippen molar-refractivity contribution in [2.75, 3.05) is 19.0 Å². The molecule has 0 bridgehead atoms. The number of hydrogen-bond acceptors (Lipinski definition) is 4. The molecule has 8 heteroatoms. The maximum Gasteiger partial charge on any atom is 0.337 e. The van der Waals surface area contributed by atoms with E-state index < -0.39 is 5.97 Å². The predicted octanol–water partition coefficient (Wildman–Crippen LogP) is 4.14. The molecule has 1 aromatic heterocycles. The van der Waals surface area contributed by atoms with Crippen molar-refractivity contribution < 1.29 is 14.3 Å². The average Bonchev–Trinajstić information content (AvgIpc) is 3.22. The first-order valence-electron chi connectivity index (χ1n) is 9.10. The molecule has 0 radical (unpaired) electrons. The second-order valence-electron chi connectivity index (χ2n) is 6.67. The topological polar surface area (TPSA) is 87.3 Å². The first kappa shape index (κ1) is 19.2. The fourth-order valence-electron chi connectivity index (χ4n) is 3.52. The van der Waals surface area contributed by atoms with Gasteiger partial charge < -0.3 is 19.9 Å². The number of nitrogens with one attached hydrogen (secondary N) is 2. The number of halogens is 1. The molecule has 2 aromatic carbocycles. The normalized spacial score (nSPS) is 15.5. The molecule has 4 rings (SSSR count). The van der Waals surface area contributed by atoms with E-state index in [1.54, 1.807) is 35.5 Å².